The molecule has 112 valence electrons. The highest BCUT2D eigenvalue weighted by atomic mass is 32.2. The number of sulfonamides is 1. The fourth-order valence-electron chi connectivity index (χ4n) is 2.38. The van der Waals surface area contributed by atoms with Crippen molar-refractivity contribution in [2.75, 3.05) is 30.3 Å². The lowest BCUT2D eigenvalue weighted by Crippen LogP contribution is -2.31. The standard InChI is InChI=1S/C14H22N2O2S2/c1-2-12-7-8-16(11-12)20(17,18)10-9-19-14-6-4-3-5-13(14)15/h3-6,12H,2,7-11,15H2,1H3. The van der Waals surface area contributed by atoms with Gasteiger partial charge < -0.3 is 5.73 Å². The Hall–Kier alpha value is -0.720. The summed E-state index contributed by atoms with van der Waals surface area (Å²) >= 11 is 1.51. The molecule has 2 N–H and O–H groups in total. The third kappa shape index (κ3) is 3.90. The number of hydrogen-bond acceptors (Lipinski definition) is 4. The Morgan fingerprint density at radius 2 is 2.15 bits per heavy atom. The summed E-state index contributed by atoms with van der Waals surface area (Å²) in [6.07, 6.45) is 2.05. The molecule has 1 heterocycles. The van der Waals surface area contributed by atoms with E-state index in [1.807, 2.05) is 24.3 Å². The molecule has 0 amide bonds. The van der Waals surface area contributed by atoms with Gasteiger partial charge in [-0.3, -0.25) is 0 Å². The van der Waals surface area contributed by atoms with Crippen LogP contribution in [-0.4, -0.2) is 37.3 Å². The first kappa shape index (κ1) is 15.7. The fraction of sp³-hybridized carbons (Fsp3) is 0.571. The first-order valence-corrected chi connectivity index (χ1v) is 9.57. The van der Waals surface area contributed by atoms with Gasteiger partial charge in [0.2, 0.25) is 10.0 Å². The second-order valence-corrected chi connectivity index (χ2v) is 8.35. The number of nitrogens with zero attached hydrogens (tertiary/aromatic N) is 1. The maximum atomic E-state index is 12.3. The maximum Gasteiger partial charge on any atom is 0.214 e. The minimum atomic E-state index is -3.11. The minimum Gasteiger partial charge on any atom is -0.398 e. The molecule has 1 aliphatic heterocycles. The van der Waals surface area contributed by atoms with E-state index in [2.05, 4.69) is 6.92 Å². The Labute approximate surface area is 125 Å². The number of nitrogens with two attached hydrogens (primary N) is 1. The molecule has 0 aliphatic carbocycles. The minimum absolute atomic E-state index is 0.183. The van der Waals surface area contributed by atoms with E-state index in [0.29, 0.717) is 30.4 Å². The molecule has 6 heteroatoms. The van der Waals surface area contributed by atoms with E-state index in [4.69, 9.17) is 5.73 Å². The van der Waals surface area contributed by atoms with Crippen LogP contribution in [0, 0.1) is 5.92 Å². The van der Waals surface area contributed by atoms with Crippen molar-refractivity contribution in [3.8, 4) is 0 Å². The zero-order valence-corrected chi connectivity index (χ0v) is 13.4. The van der Waals surface area contributed by atoms with Crippen molar-refractivity contribution in [3.63, 3.8) is 0 Å². The van der Waals surface area contributed by atoms with Gasteiger partial charge in [0.15, 0.2) is 0 Å². The van der Waals surface area contributed by atoms with Crippen LogP contribution in [0.15, 0.2) is 29.2 Å². The van der Waals surface area contributed by atoms with Gasteiger partial charge in [-0.2, -0.15) is 0 Å². The summed E-state index contributed by atoms with van der Waals surface area (Å²) in [4.78, 5) is 0.954. The number of benzene rings is 1. The van der Waals surface area contributed by atoms with Crippen LogP contribution in [0.25, 0.3) is 0 Å². The molecular formula is C14H22N2O2S2. The summed E-state index contributed by atoms with van der Waals surface area (Å²) in [5, 5.41) is 0. The fourth-order valence-corrected chi connectivity index (χ4v) is 5.27. The Morgan fingerprint density at radius 3 is 2.80 bits per heavy atom. The lowest BCUT2D eigenvalue weighted by atomic mass is 10.1. The Morgan fingerprint density at radius 1 is 1.40 bits per heavy atom. The van der Waals surface area contributed by atoms with Crippen molar-refractivity contribution in [2.45, 2.75) is 24.7 Å². The van der Waals surface area contributed by atoms with Crippen LogP contribution in [0.3, 0.4) is 0 Å². The highest BCUT2D eigenvalue weighted by molar-refractivity contribution is 8.00. The van der Waals surface area contributed by atoms with E-state index in [0.717, 1.165) is 17.7 Å². The number of thioether (sulfide) groups is 1. The highest BCUT2D eigenvalue weighted by Crippen LogP contribution is 2.26. The summed E-state index contributed by atoms with van der Waals surface area (Å²) in [5.74, 6) is 1.26. The predicted molar refractivity (Wildman–Crippen MR) is 85.3 cm³/mol. The molecule has 1 aromatic rings. The van der Waals surface area contributed by atoms with Gasteiger partial charge in [-0.25, -0.2) is 12.7 Å². The SMILES string of the molecule is CCC1CCN(S(=O)(=O)CCSc2ccccc2N)C1. The van der Waals surface area contributed by atoms with E-state index in [1.165, 1.54) is 11.8 Å². The van der Waals surface area contributed by atoms with Crippen LogP contribution in [-0.2, 0) is 10.0 Å². The van der Waals surface area contributed by atoms with Gasteiger partial charge in [0.05, 0.1) is 5.75 Å². The highest BCUT2D eigenvalue weighted by Gasteiger charge is 2.29. The average molecular weight is 314 g/mol. The molecule has 4 nitrogen and oxygen atoms in total. The third-order valence-corrected chi connectivity index (χ3v) is 6.93. The zero-order chi connectivity index (χ0) is 14.6. The molecule has 0 saturated carbocycles. The zero-order valence-electron chi connectivity index (χ0n) is 11.8. The third-order valence-electron chi connectivity index (χ3n) is 3.74. The van der Waals surface area contributed by atoms with Gasteiger partial charge in [0, 0.05) is 29.4 Å². The largest absolute Gasteiger partial charge is 0.398 e. The summed E-state index contributed by atoms with van der Waals surface area (Å²) < 4.78 is 26.2. The lowest BCUT2D eigenvalue weighted by Gasteiger charge is -2.16. The molecular weight excluding hydrogens is 292 g/mol. The smallest absolute Gasteiger partial charge is 0.214 e. The maximum absolute atomic E-state index is 12.3. The molecule has 20 heavy (non-hydrogen) atoms. The first-order valence-electron chi connectivity index (χ1n) is 6.98. The number of rotatable bonds is 6. The number of anilines is 1. The lowest BCUT2D eigenvalue weighted by molar-refractivity contribution is 0.454. The van der Waals surface area contributed by atoms with Crippen LogP contribution < -0.4 is 5.73 Å². The van der Waals surface area contributed by atoms with Crippen molar-refractivity contribution >= 4 is 27.5 Å². The van der Waals surface area contributed by atoms with Crippen molar-refractivity contribution in [1.29, 1.82) is 0 Å². The molecule has 1 aromatic carbocycles. The predicted octanol–water partition coefficient (Wildman–Crippen LogP) is 2.42. The molecule has 0 radical (unpaired) electrons. The van der Waals surface area contributed by atoms with E-state index >= 15 is 0 Å². The molecule has 1 aliphatic rings. The molecule has 0 aromatic heterocycles. The van der Waals surface area contributed by atoms with Gasteiger partial charge in [0.1, 0.15) is 0 Å². The van der Waals surface area contributed by atoms with Gasteiger partial charge >= 0.3 is 0 Å². The number of nitrogen functional groups attached to an aromatic ring is 1. The van der Waals surface area contributed by atoms with Crippen LogP contribution >= 0.6 is 11.8 Å². The Kier molecular flexibility index (Phi) is 5.35. The molecule has 2 rings (SSSR count). The van der Waals surface area contributed by atoms with E-state index < -0.39 is 10.0 Å². The molecule has 1 saturated heterocycles. The topological polar surface area (TPSA) is 63.4 Å². The van der Waals surface area contributed by atoms with Crippen molar-refractivity contribution in [3.05, 3.63) is 24.3 Å². The molecule has 0 bridgehead atoms. The summed E-state index contributed by atoms with van der Waals surface area (Å²) in [6, 6.07) is 7.56. The molecule has 0 spiro atoms. The molecule has 1 atom stereocenters. The van der Waals surface area contributed by atoms with Gasteiger partial charge in [-0.15, -0.1) is 11.8 Å². The Bertz CT molecular complexity index is 546. The summed E-state index contributed by atoms with van der Waals surface area (Å²) in [6.45, 7) is 3.49. The van der Waals surface area contributed by atoms with Crippen LogP contribution in [0.4, 0.5) is 5.69 Å². The van der Waals surface area contributed by atoms with Crippen molar-refractivity contribution in [1.82, 2.24) is 4.31 Å². The monoisotopic (exact) mass is 314 g/mol. The van der Waals surface area contributed by atoms with Gasteiger partial charge in [-0.05, 0) is 24.5 Å². The average Bonchev–Trinajstić information content (AvgIpc) is 2.90. The Balaban J connectivity index is 1.86. The first-order chi connectivity index (χ1) is 9.53. The van der Waals surface area contributed by atoms with Crippen molar-refractivity contribution < 1.29 is 8.42 Å². The van der Waals surface area contributed by atoms with Gasteiger partial charge in [0.25, 0.3) is 0 Å². The van der Waals surface area contributed by atoms with E-state index in [9.17, 15) is 8.42 Å². The van der Waals surface area contributed by atoms with E-state index in [-0.39, 0.29) is 5.75 Å². The molecule has 1 unspecified atom stereocenters. The van der Waals surface area contributed by atoms with Gasteiger partial charge in [-0.1, -0.05) is 25.5 Å². The van der Waals surface area contributed by atoms with Crippen LogP contribution in [0.1, 0.15) is 19.8 Å². The number of hydrogen-bond donors (Lipinski definition) is 1. The second-order valence-electron chi connectivity index (χ2n) is 5.12. The normalized spacial score (nSPS) is 20.4. The quantitative estimate of drug-likeness (QED) is 0.647. The number of para-hydroxylation sites is 1. The molecule has 1 fully saturated rings. The summed E-state index contributed by atoms with van der Waals surface area (Å²) in [7, 11) is -3.11. The van der Waals surface area contributed by atoms with E-state index in [1.54, 1.807) is 4.31 Å². The summed E-state index contributed by atoms with van der Waals surface area (Å²) in [5.41, 5.74) is 6.56. The van der Waals surface area contributed by atoms with Crippen LogP contribution in [0.5, 0.6) is 0 Å². The van der Waals surface area contributed by atoms with Crippen LogP contribution in [0.2, 0.25) is 0 Å². The van der Waals surface area contributed by atoms with Crippen molar-refractivity contribution in [2.24, 2.45) is 5.92 Å². The second kappa shape index (κ2) is 6.83.